The molecule has 2 amide bonds. The highest BCUT2D eigenvalue weighted by atomic mass is 35.5. The van der Waals surface area contributed by atoms with Crippen LogP contribution in [0.15, 0.2) is 24.3 Å². The van der Waals surface area contributed by atoms with Crippen LogP contribution in [0, 0.1) is 11.8 Å². The van der Waals surface area contributed by atoms with Gasteiger partial charge in [-0.1, -0.05) is 62.8 Å². The lowest BCUT2D eigenvalue weighted by atomic mass is 9.75. The first-order valence-electron chi connectivity index (χ1n) is 12.1. The summed E-state index contributed by atoms with van der Waals surface area (Å²) >= 11 is 6.20. The summed E-state index contributed by atoms with van der Waals surface area (Å²) in [4.78, 5) is 15.1. The summed E-state index contributed by atoms with van der Waals surface area (Å²) in [7, 11) is 1.95. The number of rotatable bonds is 8. The number of piperidine rings is 1. The second-order valence-corrected chi connectivity index (χ2v) is 9.95. The Morgan fingerprint density at radius 2 is 2.03 bits per heavy atom. The zero-order valence-corrected chi connectivity index (χ0v) is 20.0. The fraction of sp³-hybridized carbons (Fsp3) is 0.720. The average molecular weight is 450 g/mol. The molecule has 3 atom stereocenters. The monoisotopic (exact) mass is 449 g/mol. The number of hydrogen-bond acceptors (Lipinski definition) is 3. The Kier molecular flexibility index (Phi) is 9.06. The van der Waals surface area contributed by atoms with Gasteiger partial charge in [-0.25, -0.2) is 4.79 Å². The lowest BCUT2D eigenvalue weighted by Crippen LogP contribution is -2.53. The van der Waals surface area contributed by atoms with Crippen LogP contribution in [-0.2, 0) is 5.60 Å². The molecule has 1 saturated heterocycles. The van der Waals surface area contributed by atoms with Crippen LogP contribution in [0.3, 0.4) is 0 Å². The summed E-state index contributed by atoms with van der Waals surface area (Å²) in [5.41, 5.74) is -0.129. The fourth-order valence-electron chi connectivity index (χ4n) is 5.57. The minimum absolute atomic E-state index is 0.00318. The van der Waals surface area contributed by atoms with Crippen molar-refractivity contribution in [1.29, 1.82) is 0 Å². The van der Waals surface area contributed by atoms with E-state index in [4.69, 9.17) is 11.6 Å². The average Bonchev–Trinajstić information content (AvgIpc) is 2.79. The Bertz CT molecular complexity index is 710. The maximum atomic E-state index is 13.2. The summed E-state index contributed by atoms with van der Waals surface area (Å²) in [6.45, 7) is 4.11. The van der Waals surface area contributed by atoms with E-state index < -0.39 is 5.60 Å². The molecular formula is C25H40ClN3O2. The van der Waals surface area contributed by atoms with E-state index in [1.807, 2.05) is 43.1 Å². The molecule has 0 bridgehead atoms. The first-order chi connectivity index (χ1) is 15.0. The summed E-state index contributed by atoms with van der Waals surface area (Å²) in [6.07, 6.45) is 10.00. The summed E-state index contributed by atoms with van der Waals surface area (Å²) in [6, 6.07) is 7.68. The first-order valence-corrected chi connectivity index (χ1v) is 12.5. The van der Waals surface area contributed by atoms with E-state index in [1.165, 1.54) is 32.1 Å². The molecule has 1 saturated carbocycles. The maximum Gasteiger partial charge on any atom is 0.317 e. The third kappa shape index (κ3) is 6.36. The number of hydrogen-bond donors (Lipinski definition) is 3. The molecule has 1 aromatic rings. The minimum Gasteiger partial charge on any atom is -0.385 e. The third-order valence-electron chi connectivity index (χ3n) is 7.37. The van der Waals surface area contributed by atoms with Crippen LogP contribution in [0.1, 0.15) is 70.3 Å². The maximum absolute atomic E-state index is 13.2. The molecule has 3 rings (SSSR count). The molecule has 0 aromatic heterocycles. The van der Waals surface area contributed by atoms with E-state index in [-0.39, 0.29) is 18.0 Å². The number of carbonyl (C=O) groups is 1. The Balaban J connectivity index is 1.64. The zero-order valence-electron chi connectivity index (χ0n) is 19.2. The predicted octanol–water partition coefficient (Wildman–Crippen LogP) is 4.92. The van der Waals surface area contributed by atoms with Gasteiger partial charge in [0.1, 0.15) is 0 Å². The van der Waals surface area contributed by atoms with Crippen molar-refractivity contribution in [2.45, 2.75) is 76.4 Å². The van der Waals surface area contributed by atoms with Gasteiger partial charge >= 0.3 is 6.03 Å². The lowest BCUT2D eigenvalue weighted by Gasteiger charge is -2.42. The van der Waals surface area contributed by atoms with Crippen LogP contribution < -0.4 is 10.6 Å². The topological polar surface area (TPSA) is 64.6 Å². The Hall–Kier alpha value is -1.30. The standard InChI is InChI=1S/C25H40ClN3O2/c1-3-25(31,20-11-7-13-22(26)16-20)21-12-8-14-29(18-21)24(30)28-23(17-27-2)15-19-9-5-4-6-10-19/h7,11,13,16,19,21,23,27,31H,3-6,8-10,12,14-15,17-18H2,1-2H3,(H,28,30). The summed E-state index contributed by atoms with van der Waals surface area (Å²) in [5.74, 6) is 0.714. The van der Waals surface area contributed by atoms with Crippen LogP contribution in [0.5, 0.6) is 0 Å². The number of benzene rings is 1. The Morgan fingerprint density at radius 3 is 2.71 bits per heavy atom. The third-order valence-corrected chi connectivity index (χ3v) is 7.60. The van der Waals surface area contributed by atoms with Gasteiger partial charge in [-0.05, 0) is 56.3 Å². The Morgan fingerprint density at radius 1 is 1.26 bits per heavy atom. The van der Waals surface area contributed by atoms with Crippen LogP contribution in [-0.4, -0.2) is 48.8 Å². The van der Waals surface area contributed by atoms with Crippen LogP contribution >= 0.6 is 11.6 Å². The number of urea groups is 1. The highest BCUT2D eigenvalue weighted by Crippen LogP contribution is 2.39. The van der Waals surface area contributed by atoms with E-state index in [9.17, 15) is 9.90 Å². The van der Waals surface area contributed by atoms with Crippen LogP contribution in [0.4, 0.5) is 4.79 Å². The highest BCUT2D eigenvalue weighted by Gasteiger charge is 2.40. The number of aliphatic hydroxyl groups is 1. The van der Waals surface area contributed by atoms with Gasteiger partial charge in [0.2, 0.25) is 0 Å². The number of nitrogens with one attached hydrogen (secondary N) is 2. The molecule has 2 aliphatic rings. The van der Waals surface area contributed by atoms with Gasteiger partial charge in [0, 0.05) is 36.6 Å². The van der Waals surface area contributed by atoms with Crippen molar-refractivity contribution in [3.63, 3.8) is 0 Å². The molecule has 0 radical (unpaired) electrons. The lowest BCUT2D eigenvalue weighted by molar-refractivity contribution is -0.0504. The van der Waals surface area contributed by atoms with Gasteiger partial charge in [-0.2, -0.15) is 0 Å². The molecule has 31 heavy (non-hydrogen) atoms. The van der Waals surface area contributed by atoms with Crippen molar-refractivity contribution < 1.29 is 9.90 Å². The fourth-order valence-corrected chi connectivity index (χ4v) is 5.76. The summed E-state index contributed by atoms with van der Waals surface area (Å²) in [5, 5.41) is 18.8. The SMILES string of the molecule is CCC(O)(c1cccc(Cl)c1)C1CCCN(C(=O)NC(CNC)CC2CCCCC2)C1. The van der Waals surface area contributed by atoms with Gasteiger partial charge in [-0.3, -0.25) is 0 Å². The molecule has 174 valence electrons. The normalized spacial score (nSPS) is 23.2. The van der Waals surface area contributed by atoms with E-state index in [2.05, 4.69) is 10.6 Å². The van der Waals surface area contributed by atoms with Gasteiger partial charge in [0.05, 0.1) is 5.60 Å². The molecule has 2 fully saturated rings. The number of likely N-dealkylation sites (N-methyl/N-ethyl adjacent to an activating group) is 1. The molecule has 0 spiro atoms. The molecular weight excluding hydrogens is 410 g/mol. The van der Waals surface area contributed by atoms with Crippen molar-refractivity contribution in [1.82, 2.24) is 15.5 Å². The predicted molar refractivity (Wildman–Crippen MR) is 127 cm³/mol. The zero-order chi connectivity index (χ0) is 22.3. The van der Waals surface area contributed by atoms with Gasteiger partial charge in [0.15, 0.2) is 0 Å². The number of carbonyl (C=O) groups excluding carboxylic acids is 1. The minimum atomic E-state index is -0.976. The van der Waals surface area contributed by atoms with Gasteiger partial charge < -0.3 is 20.6 Å². The number of nitrogens with zero attached hydrogens (tertiary/aromatic N) is 1. The molecule has 5 nitrogen and oxygen atoms in total. The number of amides is 2. The molecule has 1 heterocycles. The van der Waals surface area contributed by atoms with E-state index in [1.54, 1.807) is 0 Å². The van der Waals surface area contributed by atoms with Crippen molar-refractivity contribution in [2.75, 3.05) is 26.7 Å². The molecule has 1 aliphatic carbocycles. The van der Waals surface area contributed by atoms with Crippen LogP contribution in [0.25, 0.3) is 0 Å². The molecule has 1 aromatic carbocycles. The molecule has 3 unspecified atom stereocenters. The Labute approximate surface area is 192 Å². The van der Waals surface area contributed by atoms with Crippen molar-refractivity contribution in [2.24, 2.45) is 11.8 Å². The number of likely N-dealkylation sites (tertiary alicyclic amines) is 1. The second kappa shape index (κ2) is 11.5. The first kappa shape index (κ1) is 24.3. The number of halogens is 1. The smallest absolute Gasteiger partial charge is 0.317 e. The highest BCUT2D eigenvalue weighted by molar-refractivity contribution is 6.30. The van der Waals surface area contributed by atoms with E-state index in [0.717, 1.165) is 43.8 Å². The van der Waals surface area contributed by atoms with Gasteiger partial charge in [-0.15, -0.1) is 0 Å². The van der Waals surface area contributed by atoms with E-state index in [0.29, 0.717) is 18.0 Å². The summed E-state index contributed by atoms with van der Waals surface area (Å²) < 4.78 is 0. The molecule has 1 aliphatic heterocycles. The molecule has 6 heteroatoms. The molecule has 3 N–H and O–H groups in total. The second-order valence-electron chi connectivity index (χ2n) is 9.52. The van der Waals surface area contributed by atoms with Crippen molar-refractivity contribution in [3.8, 4) is 0 Å². The van der Waals surface area contributed by atoms with E-state index >= 15 is 0 Å². The van der Waals surface area contributed by atoms with Crippen LogP contribution in [0.2, 0.25) is 5.02 Å². The van der Waals surface area contributed by atoms with Crippen molar-refractivity contribution in [3.05, 3.63) is 34.9 Å². The van der Waals surface area contributed by atoms with Gasteiger partial charge in [0.25, 0.3) is 0 Å². The largest absolute Gasteiger partial charge is 0.385 e. The van der Waals surface area contributed by atoms with Crippen molar-refractivity contribution >= 4 is 17.6 Å². The quantitative estimate of drug-likeness (QED) is 0.527.